The van der Waals surface area contributed by atoms with Gasteiger partial charge in [-0.1, -0.05) is 42.4 Å². The Labute approximate surface area is 120 Å². The van der Waals surface area contributed by atoms with Crippen LogP contribution in [0.1, 0.15) is 38.5 Å². The number of esters is 1. The molecule has 0 amide bonds. The Morgan fingerprint density at radius 1 is 1.21 bits per heavy atom. The van der Waals surface area contributed by atoms with Crippen LogP contribution in [0, 0.1) is 0 Å². The van der Waals surface area contributed by atoms with E-state index in [1.807, 2.05) is 0 Å². The Morgan fingerprint density at radius 2 is 2.05 bits per heavy atom. The van der Waals surface area contributed by atoms with Crippen molar-refractivity contribution in [1.29, 1.82) is 0 Å². The summed E-state index contributed by atoms with van der Waals surface area (Å²) in [6.45, 7) is 0.530. The van der Waals surface area contributed by atoms with Crippen LogP contribution in [0.2, 0.25) is 0 Å². The average Bonchev–Trinajstić information content (AvgIpc) is 3.02. The van der Waals surface area contributed by atoms with E-state index in [9.17, 15) is 4.79 Å². The maximum absolute atomic E-state index is 11.4. The first-order chi connectivity index (χ1) is 9.31. The van der Waals surface area contributed by atoms with E-state index in [-0.39, 0.29) is 11.2 Å². The normalized spacial score (nSPS) is 24.4. The molecule has 1 aliphatic heterocycles. The molecule has 2 fully saturated rings. The standard InChI is InChI=1S/C12H17N3O2S2/c16-10-9(6-7-17-10)18-12-15-14-11(19-12)13-8-4-2-1-3-5-8/h8-9H,1-7H2,(H,13,14)/t9-/m0/s1. The highest BCUT2D eigenvalue weighted by Gasteiger charge is 2.28. The summed E-state index contributed by atoms with van der Waals surface area (Å²) in [5.41, 5.74) is 0. The van der Waals surface area contributed by atoms with Crippen LogP contribution in [0.4, 0.5) is 5.13 Å². The maximum atomic E-state index is 11.4. The van der Waals surface area contributed by atoms with E-state index in [1.54, 1.807) is 0 Å². The van der Waals surface area contributed by atoms with E-state index < -0.39 is 0 Å². The van der Waals surface area contributed by atoms with Crippen molar-refractivity contribution in [2.24, 2.45) is 0 Å². The van der Waals surface area contributed by atoms with Gasteiger partial charge in [0.2, 0.25) is 5.13 Å². The van der Waals surface area contributed by atoms with Gasteiger partial charge in [-0.05, 0) is 12.8 Å². The van der Waals surface area contributed by atoms with Crippen LogP contribution in [-0.2, 0) is 9.53 Å². The molecular formula is C12H17N3O2S2. The maximum Gasteiger partial charge on any atom is 0.319 e. The van der Waals surface area contributed by atoms with Gasteiger partial charge >= 0.3 is 5.97 Å². The molecule has 2 aliphatic rings. The predicted molar refractivity (Wildman–Crippen MR) is 75.6 cm³/mol. The van der Waals surface area contributed by atoms with Gasteiger partial charge in [-0.2, -0.15) is 0 Å². The van der Waals surface area contributed by atoms with Gasteiger partial charge in [0.05, 0.1) is 6.61 Å². The van der Waals surface area contributed by atoms with Gasteiger partial charge in [-0.15, -0.1) is 10.2 Å². The third-order valence-electron chi connectivity index (χ3n) is 3.47. The molecule has 2 heterocycles. The molecule has 3 rings (SSSR count). The molecule has 19 heavy (non-hydrogen) atoms. The van der Waals surface area contributed by atoms with E-state index in [2.05, 4.69) is 15.5 Å². The summed E-state index contributed by atoms with van der Waals surface area (Å²) >= 11 is 3.01. The number of rotatable bonds is 4. The van der Waals surface area contributed by atoms with Crippen molar-refractivity contribution >= 4 is 34.2 Å². The summed E-state index contributed by atoms with van der Waals surface area (Å²) < 4.78 is 5.80. The molecule has 0 radical (unpaired) electrons. The minimum Gasteiger partial charge on any atom is -0.465 e. The predicted octanol–water partition coefficient (Wildman–Crippen LogP) is 2.69. The van der Waals surface area contributed by atoms with E-state index in [0.29, 0.717) is 12.6 Å². The molecular weight excluding hydrogens is 282 g/mol. The van der Waals surface area contributed by atoms with E-state index in [1.165, 1.54) is 55.2 Å². The molecule has 1 saturated heterocycles. The summed E-state index contributed by atoms with van der Waals surface area (Å²) in [5, 5.41) is 12.5. The molecule has 1 atom stereocenters. The lowest BCUT2D eigenvalue weighted by molar-refractivity contribution is -0.137. The number of aromatic nitrogens is 2. The highest BCUT2D eigenvalue weighted by molar-refractivity contribution is 8.02. The first-order valence-corrected chi connectivity index (χ1v) is 8.44. The molecule has 0 bridgehead atoms. The fraction of sp³-hybridized carbons (Fsp3) is 0.750. The number of nitrogens with zero attached hydrogens (tertiary/aromatic N) is 2. The molecule has 1 aromatic heterocycles. The summed E-state index contributed by atoms with van der Waals surface area (Å²) in [6.07, 6.45) is 7.15. The molecule has 104 valence electrons. The van der Waals surface area contributed by atoms with Gasteiger partial charge in [0, 0.05) is 12.5 Å². The second-order valence-electron chi connectivity index (χ2n) is 4.92. The minimum atomic E-state index is -0.123. The van der Waals surface area contributed by atoms with Crippen LogP contribution < -0.4 is 5.32 Å². The highest BCUT2D eigenvalue weighted by Crippen LogP contribution is 2.33. The summed E-state index contributed by atoms with van der Waals surface area (Å²) in [4.78, 5) is 11.4. The van der Waals surface area contributed by atoms with E-state index in [4.69, 9.17) is 4.74 Å². The van der Waals surface area contributed by atoms with Crippen LogP contribution >= 0.6 is 23.1 Å². The number of carbonyl (C=O) groups is 1. The fourth-order valence-electron chi connectivity index (χ4n) is 2.44. The molecule has 1 N–H and O–H groups in total. The third kappa shape index (κ3) is 3.39. The van der Waals surface area contributed by atoms with Crippen LogP contribution in [0.3, 0.4) is 0 Å². The Kier molecular flexibility index (Phi) is 4.22. The van der Waals surface area contributed by atoms with Gasteiger partial charge in [-0.25, -0.2) is 0 Å². The zero-order valence-electron chi connectivity index (χ0n) is 10.6. The Balaban J connectivity index is 1.55. The number of ether oxygens (including phenoxy) is 1. The van der Waals surface area contributed by atoms with Gasteiger partial charge in [0.15, 0.2) is 4.34 Å². The van der Waals surface area contributed by atoms with Crippen LogP contribution in [0.5, 0.6) is 0 Å². The van der Waals surface area contributed by atoms with Crippen LogP contribution in [0.25, 0.3) is 0 Å². The second-order valence-corrected chi connectivity index (χ2v) is 7.34. The number of nitrogens with one attached hydrogen (secondary N) is 1. The van der Waals surface area contributed by atoms with Crippen molar-refractivity contribution in [3.05, 3.63) is 0 Å². The van der Waals surface area contributed by atoms with E-state index in [0.717, 1.165) is 15.9 Å². The van der Waals surface area contributed by atoms with Gasteiger partial charge in [0.25, 0.3) is 0 Å². The smallest absolute Gasteiger partial charge is 0.319 e. The summed E-state index contributed by atoms with van der Waals surface area (Å²) in [5.74, 6) is -0.123. The lowest BCUT2D eigenvalue weighted by Gasteiger charge is -2.21. The lowest BCUT2D eigenvalue weighted by Crippen LogP contribution is -2.21. The first-order valence-electron chi connectivity index (χ1n) is 6.74. The first kappa shape index (κ1) is 13.2. The Morgan fingerprint density at radius 3 is 2.79 bits per heavy atom. The Bertz CT molecular complexity index is 446. The monoisotopic (exact) mass is 299 g/mol. The zero-order valence-corrected chi connectivity index (χ0v) is 12.3. The number of carbonyl (C=O) groups excluding carboxylic acids is 1. The molecule has 1 aromatic rings. The van der Waals surface area contributed by atoms with Crippen molar-refractivity contribution in [2.75, 3.05) is 11.9 Å². The lowest BCUT2D eigenvalue weighted by atomic mass is 9.96. The Hall–Kier alpha value is -0.820. The largest absolute Gasteiger partial charge is 0.465 e. The summed E-state index contributed by atoms with van der Waals surface area (Å²) in [6, 6.07) is 0.538. The SMILES string of the molecule is O=C1OCC[C@@H]1Sc1nnc(NC2CCCCC2)s1. The zero-order chi connectivity index (χ0) is 13.1. The van der Waals surface area contributed by atoms with E-state index >= 15 is 0 Å². The number of thioether (sulfide) groups is 1. The number of hydrogen-bond acceptors (Lipinski definition) is 7. The van der Waals surface area contributed by atoms with Crippen LogP contribution in [-0.4, -0.2) is 34.1 Å². The van der Waals surface area contributed by atoms with Crippen molar-refractivity contribution in [1.82, 2.24) is 10.2 Å². The molecule has 1 aliphatic carbocycles. The van der Waals surface area contributed by atoms with Crippen molar-refractivity contribution < 1.29 is 9.53 Å². The topological polar surface area (TPSA) is 64.1 Å². The number of hydrogen-bond donors (Lipinski definition) is 1. The number of cyclic esters (lactones) is 1. The molecule has 7 heteroatoms. The van der Waals surface area contributed by atoms with Gasteiger partial charge in [0.1, 0.15) is 5.25 Å². The van der Waals surface area contributed by atoms with Crippen LogP contribution in [0.15, 0.2) is 4.34 Å². The highest BCUT2D eigenvalue weighted by atomic mass is 32.2. The molecule has 5 nitrogen and oxygen atoms in total. The second kappa shape index (κ2) is 6.09. The number of anilines is 1. The average molecular weight is 299 g/mol. The quantitative estimate of drug-likeness (QED) is 0.862. The van der Waals surface area contributed by atoms with Gasteiger partial charge < -0.3 is 10.1 Å². The third-order valence-corrected chi connectivity index (χ3v) is 5.65. The minimum absolute atomic E-state index is 0.101. The fourth-order valence-corrected chi connectivity index (χ4v) is 4.49. The van der Waals surface area contributed by atoms with Gasteiger partial charge in [-0.3, -0.25) is 4.79 Å². The molecule has 0 unspecified atom stereocenters. The van der Waals surface area contributed by atoms with Crippen molar-refractivity contribution in [2.45, 2.75) is 54.2 Å². The molecule has 1 saturated carbocycles. The van der Waals surface area contributed by atoms with Crippen molar-refractivity contribution in [3.8, 4) is 0 Å². The van der Waals surface area contributed by atoms with Crippen molar-refractivity contribution in [3.63, 3.8) is 0 Å². The molecule has 0 spiro atoms. The summed E-state index contributed by atoms with van der Waals surface area (Å²) in [7, 11) is 0. The molecule has 0 aromatic carbocycles.